The molecular weight excluding hydrogens is 638 g/mol. The molecule has 0 bridgehead atoms. The van der Waals surface area contributed by atoms with E-state index in [2.05, 4.69) is 58.6 Å². The van der Waals surface area contributed by atoms with Gasteiger partial charge in [-0.2, -0.15) is 15.1 Å². The number of likely N-dealkylation sites (tertiary alicyclic amines) is 2. The number of benzene rings is 2. The number of carbonyl (C=O) groups is 1. The highest BCUT2D eigenvalue weighted by atomic mass is 16.5. The first-order valence-corrected chi connectivity index (χ1v) is 19.4. The van der Waals surface area contributed by atoms with Crippen LogP contribution in [0.2, 0.25) is 0 Å². The first kappa shape index (κ1) is 31.5. The van der Waals surface area contributed by atoms with Gasteiger partial charge in [-0.1, -0.05) is 19.1 Å². The molecule has 3 saturated heterocycles. The molecule has 6 aliphatic rings. The molecule has 0 unspecified atom stereocenters. The highest BCUT2D eigenvalue weighted by Crippen LogP contribution is 2.54. The largest absolute Gasteiger partial charge is 0.491 e. The van der Waals surface area contributed by atoms with Crippen LogP contribution in [0.25, 0.3) is 32.9 Å². The molecule has 6 fully saturated rings. The number of hydrogen-bond acceptors (Lipinski definition) is 8. The molecule has 0 radical (unpaired) electrons. The highest BCUT2D eigenvalue weighted by molar-refractivity contribution is 6.06. The van der Waals surface area contributed by atoms with Gasteiger partial charge < -0.3 is 19.3 Å². The Morgan fingerprint density at radius 2 is 1.78 bits per heavy atom. The molecule has 1 amide bonds. The van der Waals surface area contributed by atoms with Crippen LogP contribution >= 0.6 is 0 Å². The van der Waals surface area contributed by atoms with Crippen LogP contribution in [-0.2, 0) is 4.79 Å². The fourth-order valence-corrected chi connectivity index (χ4v) is 9.94. The molecule has 0 atom stereocenters. The van der Waals surface area contributed by atoms with Gasteiger partial charge in [-0.15, -0.1) is 0 Å². The summed E-state index contributed by atoms with van der Waals surface area (Å²) in [5.74, 6) is 2.27. The molecule has 2 aromatic carbocycles. The fourth-order valence-electron chi connectivity index (χ4n) is 9.94. The zero-order valence-electron chi connectivity index (χ0n) is 30.0. The monoisotopic (exact) mass is 687 g/mol. The maximum absolute atomic E-state index is 12.3. The van der Waals surface area contributed by atoms with Gasteiger partial charge in [0.2, 0.25) is 5.91 Å². The Hall–Kier alpha value is -4.18. The molecule has 3 aliphatic heterocycles. The molecular formula is C41H49N7O3. The third kappa shape index (κ3) is 5.14. The molecule has 10 nitrogen and oxygen atoms in total. The Bertz CT molecular complexity index is 2040. The summed E-state index contributed by atoms with van der Waals surface area (Å²) < 4.78 is 13.4. The molecule has 5 heterocycles. The van der Waals surface area contributed by atoms with Crippen molar-refractivity contribution in [3.05, 3.63) is 48.2 Å². The van der Waals surface area contributed by atoms with Crippen LogP contribution in [0, 0.1) is 17.8 Å². The summed E-state index contributed by atoms with van der Waals surface area (Å²) in [6.45, 7) is 14.4. The first-order chi connectivity index (χ1) is 24.8. The van der Waals surface area contributed by atoms with Crippen molar-refractivity contribution in [3.63, 3.8) is 0 Å². The lowest BCUT2D eigenvalue weighted by Crippen LogP contribution is -2.65. The minimum Gasteiger partial charge on any atom is -0.491 e. The van der Waals surface area contributed by atoms with Gasteiger partial charge in [-0.25, -0.2) is 0 Å². The first-order valence-electron chi connectivity index (χ1n) is 19.4. The average molecular weight is 688 g/mol. The smallest absolute Gasteiger partial charge is 0.319 e. The van der Waals surface area contributed by atoms with Gasteiger partial charge in [0.1, 0.15) is 17.4 Å². The maximum Gasteiger partial charge on any atom is 0.319 e. The number of amides is 1. The Morgan fingerprint density at radius 3 is 2.47 bits per heavy atom. The number of aromatic amines is 1. The molecule has 51 heavy (non-hydrogen) atoms. The summed E-state index contributed by atoms with van der Waals surface area (Å²) in [5, 5.41) is 9.77. The molecule has 10 heteroatoms. The van der Waals surface area contributed by atoms with Crippen LogP contribution in [0.5, 0.6) is 11.8 Å². The summed E-state index contributed by atoms with van der Waals surface area (Å²) in [6.07, 6.45) is 14.2. The van der Waals surface area contributed by atoms with Crippen molar-refractivity contribution >= 4 is 33.5 Å². The van der Waals surface area contributed by atoms with Gasteiger partial charge in [0.15, 0.2) is 5.75 Å². The van der Waals surface area contributed by atoms with Gasteiger partial charge in [0, 0.05) is 79.9 Å². The zero-order chi connectivity index (χ0) is 34.5. The van der Waals surface area contributed by atoms with E-state index < -0.39 is 0 Å². The number of piperidine rings is 1. The number of ether oxygens (including phenoxy) is 2. The number of hydrogen-bond donors (Lipinski definition) is 1. The van der Waals surface area contributed by atoms with Crippen LogP contribution in [0.1, 0.15) is 81.8 Å². The van der Waals surface area contributed by atoms with Gasteiger partial charge in [-0.3, -0.25) is 14.8 Å². The number of carbonyl (C=O) groups excluding carboxylic acids is 1. The molecule has 10 rings (SSSR count). The third-order valence-electron chi connectivity index (χ3n) is 13.3. The predicted octanol–water partition coefficient (Wildman–Crippen LogP) is 6.77. The normalized spacial score (nSPS) is 25.0. The van der Waals surface area contributed by atoms with Crippen molar-refractivity contribution in [2.24, 2.45) is 10.8 Å². The van der Waals surface area contributed by atoms with Gasteiger partial charge in [0.05, 0.1) is 18.3 Å². The van der Waals surface area contributed by atoms with Crippen LogP contribution in [0.3, 0.4) is 0 Å². The van der Waals surface area contributed by atoms with E-state index in [-0.39, 0.29) is 17.4 Å². The van der Waals surface area contributed by atoms with E-state index in [1.165, 1.54) is 55.1 Å². The average Bonchev–Trinajstić information content (AvgIpc) is 3.80. The van der Waals surface area contributed by atoms with E-state index in [0.29, 0.717) is 30.0 Å². The second kappa shape index (κ2) is 11.7. The van der Waals surface area contributed by atoms with Gasteiger partial charge in [0.25, 0.3) is 0 Å². The number of fused-ring (bicyclic) bond motifs is 2. The topological polar surface area (TPSA) is 99.7 Å². The summed E-state index contributed by atoms with van der Waals surface area (Å²) in [7, 11) is 0. The maximum atomic E-state index is 12.3. The predicted molar refractivity (Wildman–Crippen MR) is 198 cm³/mol. The SMILES string of the molecule is C=CC(=O)N1CC2(CCN(c3nc(OC4CC(N5CC6(CCC6)C5)C4)nc4c(OCC)c(-c5c(C)ccc6[nH]ncc56)c(C5CC5)cc34)CC2)C1. The van der Waals surface area contributed by atoms with Crippen molar-refractivity contribution in [1.82, 2.24) is 30.0 Å². The third-order valence-corrected chi connectivity index (χ3v) is 13.3. The van der Waals surface area contributed by atoms with Crippen molar-refractivity contribution in [3.8, 4) is 22.9 Å². The number of aromatic nitrogens is 4. The zero-order valence-corrected chi connectivity index (χ0v) is 30.0. The number of anilines is 1. The summed E-state index contributed by atoms with van der Waals surface area (Å²) >= 11 is 0. The van der Waals surface area contributed by atoms with Crippen molar-refractivity contribution < 1.29 is 14.3 Å². The van der Waals surface area contributed by atoms with Crippen molar-refractivity contribution in [2.45, 2.75) is 89.7 Å². The number of rotatable bonds is 9. The fraction of sp³-hybridized carbons (Fsp3) is 0.561. The van der Waals surface area contributed by atoms with Crippen molar-refractivity contribution in [1.29, 1.82) is 0 Å². The van der Waals surface area contributed by atoms with E-state index in [0.717, 1.165) is 104 Å². The van der Waals surface area contributed by atoms with E-state index in [4.69, 9.17) is 19.4 Å². The minimum absolute atomic E-state index is 0.0368. The molecule has 4 aromatic rings. The van der Waals surface area contributed by atoms with E-state index in [9.17, 15) is 4.79 Å². The molecule has 1 N–H and O–H groups in total. The van der Waals surface area contributed by atoms with Gasteiger partial charge >= 0.3 is 6.01 Å². The van der Waals surface area contributed by atoms with Gasteiger partial charge in [-0.05, 0) is 98.6 Å². The number of aryl methyl sites for hydroxylation is 1. The Labute approximate surface area is 299 Å². The molecule has 3 saturated carbocycles. The molecule has 266 valence electrons. The quantitative estimate of drug-likeness (QED) is 0.193. The van der Waals surface area contributed by atoms with E-state index in [1.54, 1.807) is 0 Å². The lowest BCUT2D eigenvalue weighted by atomic mass is 9.62. The second-order valence-corrected chi connectivity index (χ2v) is 16.7. The van der Waals surface area contributed by atoms with Crippen LogP contribution < -0.4 is 14.4 Å². The number of H-pyrrole nitrogens is 1. The number of nitrogens with zero attached hydrogens (tertiary/aromatic N) is 6. The summed E-state index contributed by atoms with van der Waals surface area (Å²) in [6, 6.07) is 7.73. The molecule has 2 aromatic heterocycles. The lowest BCUT2D eigenvalue weighted by Gasteiger charge is -2.60. The summed E-state index contributed by atoms with van der Waals surface area (Å²) in [4.78, 5) is 29.8. The summed E-state index contributed by atoms with van der Waals surface area (Å²) in [5.41, 5.74) is 7.47. The second-order valence-electron chi connectivity index (χ2n) is 16.7. The Balaban J connectivity index is 1.04. The minimum atomic E-state index is 0.0368. The molecule has 3 aliphatic carbocycles. The van der Waals surface area contributed by atoms with Crippen LogP contribution in [-0.4, -0.2) is 93.9 Å². The number of nitrogens with one attached hydrogen (secondary N) is 1. The van der Waals surface area contributed by atoms with E-state index >= 15 is 0 Å². The Morgan fingerprint density at radius 1 is 1.02 bits per heavy atom. The molecule has 2 spiro atoms. The van der Waals surface area contributed by atoms with Crippen LogP contribution in [0.4, 0.5) is 5.82 Å². The lowest BCUT2D eigenvalue weighted by molar-refractivity contribution is -0.139. The standard InChI is InChI=1S/C41H49N7O3/c1-4-33(49)48-23-41(24-48)13-15-46(16-14-41)38-30-19-29(26-8-9-26)35(34-25(3)7-10-32-31(34)20-42-45-32)37(50-5-2)36(30)43-39(44-38)51-28-17-27(18-28)47-21-40(22-47)11-6-12-40/h4,7,10,19-20,26-28H,1,5-6,8-9,11-18,21-24H2,2-3H3,(H,42,45). The van der Waals surface area contributed by atoms with E-state index in [1.807, 2.05) is 11.1 Å². The highest BCUT2D eigenvalue weighted by Gasteiger charge is 2.52. The Kier molecular flexibility index (Phi) is 7.22. The van der Waals surface area contributed by atoms with Crippen molar-refractivity contribution in [2.75, 3.05) is 50.8 Å². The van der Waals surface area contributed by atoms with Crippen LogP contribution in [0.15, 0.2) is 37.1 Å².